The second-order valence-electron chi connectivity index (χ2n) is 4.26. The van der Waals surface area contributed by atoms with E-state index in [1.807, 2.05) is 0 Å². The number of esters is 1. The predicted octanol–water partition coefficient (Wildman–Crippen LogP) is 0.318. The van der Waals surface area contributed by atoms with Crippen molar-refractivity contribution in [3.8, 4) is 0 Å². The predicted molar refractivity (Wildman–Crippen MR) is 53.0 cm³/mol. The topological polar surface area (TPSA) is 76.1 Å². The van der Waals surface area contributed by atoms with Gasteiger partial charge in [-0.3, -0.25) is 9.69 Å². The molecular weight excluding hydrogens is 214 g/mol. The normalized spacial score (nSPS) is 26.6. The third kappa shape index (κ3) is 1.63. The van der Waals surface area contributed by atoms with Gasteiger partial charge in [0, 0.05) is 6.54 Å². The molecule has 0 aliphatic carbocycles. The van der Waals surface area contributed by atoms with Gasteiger partial charge in [0.1, 0.15) is 0 Å². The molecule has 1 N–H and O–H groups in total. The second kappa shape index (κ2) is 3.93. The maximum absolute atomic E-state index is 11.6. The first-order valence-corrected chi connectivity index (χ1v) is 5.34. The molecule has 1 amide bonds. The van der Waals surface area contributed by atoms with E-state index in [2.05, 4.69) is 0 Å². The van der Waals surface area contributed by atoms with Crippen LogP contribution in [0, 0.1) is 5.92 Å². The zero-order chi connectivity index (χ0) is 11.8. The van der Waals surface area contributed by atoms with Crippen LogP contribution >= 0.6 is 0 Å². The highest BCUT2D eigenvalue weighted by atomic mass is 16.5. The fourth-order valence-corrected chi connectivity index (χ4v) is 2.36. The molecule has 1 atom stereocenters. The molecule has 0 aromatic rings. The van der Waals surface area contributed by atoms with Crippen LogP contribution in [0.2, 0.25) is 0 Å². The van der Waals surface area contributed by atoms with E-state index in [9.17, 15) is 9.59 Å². The number of carbonyl (C=O) groups is 2. The minimum atomic E-state index is -0.991. The Morgan fingerprint density at radius 3 is 2.62 bits per heavy atom. The molecule has 16 heavy (non-hydrogen) atoms. The maximum Gasteiger partial charge on any atom is 0.407 e. The molecule has 2 heterocycles. The molecule has 2 saturated heterocycles. The van der Waals surface area contributed by atoms with Crippen LogP contribution in [-0.2, 0) is 14.3 Å². The monoisotopic (exact) mass is 229 g/mol. The second-order valence-corrected chi connectivity index (χ2v) is 4.26. The number of hydrogen-bond donors (Lipinski definition) is 1. The van der Waals surface area contributed by atoms with Crippen LogP contribution in [0.3, 0.4) is 0 Å². The average molecular weight is 229 g/mol. The van der Waals surface area contributed by atoms with Crippen molar-refractivity contribution in [1.82, 2.24) is 4.90 Å². The third-order valence-corrected chi connectivity index (χ3v) is 3.19. The van der Waals surface area contributed by atoms with Gasteiger partial charge in [0.2, 0.25) is 0 Å². The Morgan fingerprint density at radius 1 is 1.56 bits per heavy atom. The lowest BCUT2D eigenvalue weighted by Crippen LogP contribution is -2.60. The standard InChI is InChI=1S/C10H15NO5/c1-2-16-8(12)7-3-10(5-15-6-10)11(4-7)9(13)14/h7H,2-6H2,1H3,(H,13,14). The van der Waals surface area contributed by atoms with E-state index < -0.39 is 11.6 Å². The minimum absolute atomic E-state index is 0.220. The van der Waals surface area contributed by atoms with Crippen molar-refractivity contribution in [2.45, 2.75) is 18.9 Å². The molecule has 90 valence electrons. The zero-order valence-electron chi connectivity index (χ0n) is 9.14. The largest absolute Gasteiger partial charge is 0.466 e. The van der Waals surface area contributed by atoms with Gasteiger partial charge < -0.3 is 14.6 Å². The van der Waals surface area contributed by atoms with Crippen LogP contribution in [0.15, 0.2) is 0 Å². The van der Waals surface area contributed by atoms with E-state index >= 15 is 0 Å². The van der Waals surface area contributed by atoms with Gasteiger partial charge in [0.05, 0.1) is 31.3 Å². The summed E-state index contributed by atoms with van der Waals surface area (Å²) in [6, 6.07) is 0. The molecule has 2 rings (SSSR count). The molecule has 6 heteroatoms. The molecule has 0 aromatic carbocycles. The van der Waals surface area contributed by atoms with Crippen molar-refractivity contribution in [2.75, 3.05) is 26.4 Å². The smallest absolute Gasteiger partial charge is 0.407 e. The highest BCUT2D eigenvalue weighted by Gasteiger charge is 2.55. The number of likely N-dealkylation sites (tertiary alicyclic amines) is 1. The Hall–Kier alpha value is -1.30. The lowest BCUT2D eigenvalue weighted by Gasteiger charge is -2.43. The van der Waals surface area contributed by atoms with E-state index in [4.69, 9.17) is 14.6 Å². The van der Waals surface area contributed by atoms with E-state index in [0.29, 0.717) is 26.2 Å². The lowest BCUT2D eigenvalue weighted by atomic mass is 9.90. The minimum Gasteiger partial charge on any atom is -0.466 e. The van der Waals surface area contributed by atoms with Crippen LogP contribution in [0.25, 0.3) is 0 Å². The van der Waals surface area contributed by atoms with Gasteiger partial charge >= 0.3 is 12.1 Å². The summed E-state index contributed by atoms with van der Waals surface area (Å²) in [7, 11) is 0. The summed E-state index contributed by atoms with van der Waals surface area (Å²) in [4.78, 5) is 23.9. The van der Waals surface area contributed by atoms with Gasteiger partial charge in [-0.05, 0) is 13.3 Å². The van der Waals surface area contributed by atoms with Crippen molar-refractivity contribution in [1.29, 1.82) is 0 Å². The SMILES string of the molecule is CCOC(=O)C1CN(C(=O)O)C2(COC2)C1. The number of amides is 1. The highest BCUT2D eigenvalue weighted by molar-refractivity contribution is 5.76. The van der Waals surface area contributed by atoms with E-state index in [1.165, 1.54) is 4.90 Å². The first-order valence-electron chi connectivity index (χ1n) is 5.34. The molecule has 1 spiro atoms. The summed E-state index contributed by atoms with van der Waals surface area (Å²) in [6.45, 7) is 3.05. The van der Waals surface area contributed by atoms with Gasteiger partial charge in [-0.1, -0.05) is 0 Å². The number of nitrogens with zero attached hydrogens (tertiary/aromatic N) is 1. The summed E-state index contributed by atoms with van der Waals surface area (Å²) >= 11 is 0. The van der Waals surface area contributed by atoms with Crippen molar-refractivity contribution in [3.63, 3.8) is 0 Å². The first kappa shape index (κ1) is 11.2. The van der Waals surface area contributed by atoms with Crippen LogP contribution < -0.4 is 0 Å². The molecule has 0 aromatic heterocycles. The zero-order valence-corrected chi connectivity index (χ0v) is 9.14. The molecule has 2 aliphatic heterocycles. The van der Waals surface area contributed by atoms with Gasteiger partial charge in [-0.25, -0.2) is 4.79 Å². The molecule has 0 bridgehead atoms. The molecule has 2 aliphatic rings. The number of rotatable bonds is 2. The van der Waals surface area contributed by atoms with Crippen LogP contribution in [0.1, 0.15) is 13.3 Å². The number of carbonyl (C=O) groups excluding carboxylic acids is 1. The molecule has 0 radical (unpaired) electrons. The van der Waals surface area contributed by atoms with E-state index in [-0.39, 0.29) is 18.4 Å². The Labute approximate surface area is 93.1 Å². The molecule has 0 saturated carbocycles. The Bertz CT molecular complexity index is 312. The summed E-state index contributed by atoms with van der Waals surface area (Å²) in [5, 5.41) is 9.06. The van der Waals surface area contributed by atoms with Gasteiger partial charge in [0.15, 0.2) is 0 Å². The fourth-order valence-electron chi connectivity index (χ4n) is 2.36. The number of carboxylic acid groups (broad SMARTS) is 1. The Balaban J connectivity index is 2.06. The molecule has 2 fully saturated rings. The molecule has 6 nitrogen and oxygen atoms in total. The maximum atomic E-state index is 11.6. The number of ether oxygens (including phenoxy) is 2. The summed E-state index contributed by atoms with van der Waals surface area (Å²) < 4.78 is 9.99. The first-order chi connectivity index (χ1) is 7.59. The van der Waals surface area contributed by atoms with Gasteiger partial charge in [-0.15, -0.1) is 0 Å². The quantitative estimate of drug-likeness (QED) is 0.690. The van der Waals surface area contributed by atoms with Crippen LogP contribution in [0.4, 0.5) is 4.79 Å². The van der Waals surface area contributed by atoms with Gasteiger partial charge in [-0.2, -0.15) is 0 Å². The fraction of sp³-hybridized carbons (Fsp3) is 0.800. The third-order valence-electron chi connectivity index (χ3n) is 3.19. The highest BCUT2D eigenvalue weighted by Crippen LogP contribution is 2.39. The van der Waals surface area contributed by atoms with E-state index in [1.54, 1.807) is 6.92 Å². The summed E-state index contributed by atoms with van der Waals surface area (Å²) in [5.74, 6) is -0.655. The molecular formula is C10H15NO5. The Kier molecular flexibility index (Phi) is 2.75. The molecule has 1 unspecified atom stereocenters. The number of hydrogen-bond acceptors (Lipinski definition) is 4. The van der Waals surface area contributed by atoms with E-state index in [0.717, 1.165) is 0 Å². The summed E-state index contributed by atoms with van der Waals surface area (Å²) in [5.41, 5.74) is -0.483. The van der Waals surface area contributed by atoms with Crippen molar-refractivity contribution < 1.29 is 24.2 Å². The van der Waals surface area contributed by atoms with Crippen LogP contribution in [0.5, 0.6) is 0 Å². The van der Waals surface area contributed by atoms with Crippen molar-refractivity contribution in [3.05, 3.63) is 0 Å². The summed E-state index contributed by atoms with van der Waals surface area (Å²) in [6.07, 6.45) is -0.479. The van der Waals surface area contributed by atoms with Gasteiger partial charge in [0.25, 0.3) is 0 Å². The van der Waals surface area contributed by atoms with Crippen LogP contribution in [-0.4, -0.2) is 54.0 Å². The lowest BCUT2D eigenvalue weighted by molar-refractivity contribution is -0.148. The van der Waals surface area contributed by atoms with Crippen molar-refractivity contribution in [2.24, 2.45) is 5.92 Å². The average Bonchev–Trinajstić information content (AvgIpc) is 2.57. The Morgan fingerprint density at radius 2 is 2.25 bits per heavy atom. The van der Waals surface area contributed by atoms with Crippen molar-refractivity contribution >= 4 is 12.1 Å².